The van der Waals surface area contributed by atoms with Crippen molar-refractivity contribution < 1.29 is 37.3 Å². The monoisotopic (exact) mass is 459 g/mol. The minimum Gasteiger partial charge on any atom is -0.497 e. The van der Waals surface area contributed by atoms with Crippen LogP contribution >= 0.6 is 0 Å². The van der Waals surface area contributed by atoms with Gasteiger partial charge in [-0.05, 0) is 24.1 Å². The van der Waals surface area contributed by atoms with Gasteiger partial charge in [-0.15, -0.1) is 0 Å². The van der Waals surface area contributed by atoms with Gasteiger partial charge in [0, 0.05) is 20.6 Å². The molecule has 3 atom stereocenters. The lowest BCUT2D eigenvalue weighted by molar-refractivity contribution is -0.147. The molecule has 1 aliphatic rings. The summed E-state index contributed by atoms with van der Waals surface area (Å²) in [5, 5.41) is 9.82. The van der Waals surface area contributed by atoms with Gasteiger partial charge >= 0.3 is 12.1 Å². The second kappa shape index (κ2) is 10.3. The normalized spacial score (nSPS) is 21.4. The molecule has 11 nitrogen and oxygen atoms in total. The Bertz CT molecular complexity index is 875. The van der Waals surface area contributed by atoms with Crippen LogP contribution in [0, 0.1) is 0 Å². The van der Waals surface area contributed by atoms with Gasteiger partial charge in [0.1, 0.15) is 11.8 Å². The van der Waals surface area contributed by atoms with Crippen LogP contribution in [0.15, 0.2) is 24.3 Å². The molecule has 1 aliphatic heterocycles. The number of carbonyl (C=O) groups is 2. The van der Waals surface area contributed by atoms with Gasteiger partial charge < -0.3 is 19.3 Å². The first kappa shape index (κ1) is 24.9. The molecule has 2 rings (SSSR count). The number of aliphatic hydroxyl groups excluding tert-OH is 1. The maximum Gasteiger partial charge on any atom is 0.410 e. The fraction of sp³-hybridized carbons (Fsp3) is 0.579. The van der Waals surface area contributed by atoms with E-state index in [4.69, 9.17) is 14.2 Å². The zero-order valence-corrected chi connectivity index (χ0v) is 19.0. The second-order valence-corrected chi connectivity index (χ2v) is 9.26. The minimum atomic E-state index is -4.03. The Kier molecular flexibility index (Phi) is 8.23. The smallest absolute Gasteiger partial charge is 0.410 e. The van der Waals surface area contributed by atoms with Crippen molar-refractivity contribution in [1.29, 1.82) is 0 Å². The highest BCUT2D eigenvalue weighted by Crippen LogP contribution is 2.33. The second-order valence-electron chi connectivity index (χ2n) is 7.17. The lowest BCUT2D eigenvalue weighted by Crippen LogP contribution is -2.55. The van der Waals surface area contributed by atoms with Crippen LogP contribution in [0.4, 0.5) is 4.79 Å². The third-order valence-corrected chi connectivity index (χ3v) is 7.15. The molecule has 0 aromatic heterocycles. The number of rotatable bonds is 8. The van der Waals surface area contributed by atoms with Crippen molar-refractivity contribution in [1.82, 2.24) is 13.5 Å². The van der Waals surface area contributed by atoms with Gasteiger partial charge in [0.15, 0.2) is 0 Å². The first-order valence-corrected chi connectivity index (χ1v) is 10.9. The number of hydrogen-bond acceptors (Lipinski definition) is 8. The molecular weight excluding hydrogens is 430 g/mol. The van der Waals surface area contributed by atoms with E-state index in [2.05, 4.69) is 0 Å². The van der Waals surface area contributed by atoms with Crippen molar-refractivity contribution in [3.8, 4) is 5.75 Å². The molecule has 0 radical (unpaired) electrons. The summed E-state index contributed by atoms with van der Waals surface area (Å²) in [7, 11) is 2.53. The third-order valence-electron chi connectivity index (χ3n) is 5.24. The molecule has 1 aromatic carbocycles. The van der Waals surface area contributed by atoms with Crippen LogP contribution < -0.4 is 4.74 Å². The largest absolute Gasteiger partial charge is 0.497 e. The lowest BCUT2D eigenvalue weighted by Gasteiger charge is -2.34. The Morgan fingerprint density at radius 2 is 1.74 bits per heavy atom. The van der Waals surface area contributed by atoms with E-state index in [1.165, 1.54) is 21.2 Å². The summed E-state index contributed by atoms with van der Waals surface area (Å²) >= 11 is 0. The number of nitrogens with zero attached hydrogens (tertiary/aromatic N) is 3. The van der Waals surface area contributed by atoms with E-state index >= 15 is 0 Å². The molecule has 0 unspecified atom stereocenters. The molecule has 1 heterocycles. The van der Waals surface area contributed by atoms with Crippen LogP contribution in [0.3, 0.4) is 0 Å². The molecule has 1 aromatic rings. The third kappa shape index (κ3) is 5.09. The molecule has 0 spiro atoms. The number of methoxy groups -OCH3 is 3. The van der Waals surface area contributed by atoms with E-state index in [0.717, 1.165) is 27.7 Å². The highest BCUT2D eigenvalue weighted by atomic mass is 32.2. The van der Waals surface area contributed by atoms with Crippen LogP contribution in [-0.2, 0) is 31.0 Å². The van der Waals surface area contributed by atoms with Gasteiger partial charge in [-0.25, -0.2) is 9.59 Å². The number of likely N-dealkylation sites (tertiary alicyclic amines) is 1. The predicted octanol–water partition coefficient (Wildman–Crippen LogP) is 0.0468. The number of amides is 1. The van der Waals surface area contributed by atoms with E-state index in [1.54, 1.807) is 24.3 Å². The topological polar surface area (TPSA) is 126 Å². The Morgan fingerprint density at radius 1 is 1.13 bits per heavy atom. The van der Waals surface area contributed by atoms with Crippen LogP contribution in [0.1, 0.15) is 12.0 Å². The fourth-order valence-electron chi connectivity index (χ4n) is 3.62. The number of hydrogen-bond donors (Lipinski definition) is 1. The van der Waals surface area contributed by atoms with Crippen molar-refractivity contribution in [3.05, 3.63) is 29.8 Å². The summed E-state index contributed by atoms with van der Waals surface area (Å²) in [5.41, 5.74) is 0.645. The summed E-state index contributed by atoms with van der Waals surface area (Å²) in [6, 6.07) is 3.71. The van der Waals surface area contributed by atoms with Crippen LogP contribution in [-0.4, -0.2) is 99.3 Å². The number of benzene rings is 1. The zero-order chi connectivity index (χ0) is 23.3. The molecule has 1 saturated heterocycles. The summed E-state index contributed by atoms with van der Waals surface area (Å²) in [5.74, 6) is -0.198. The lowest BCUT2D eigenvalue weighted by atomic mass is 10.1. The molecular formula is C19H29N3O8S. The molecule has 0 aliphatic carbocycles. The first-order chi connectivity index (χ1) is 14.6. The molecule has 0 bridgehead atoms. The van der Waals surface area contributed by atoms with Crippen molar-refractivity contribution in [2.45, 2.75) is 31.1 Å². The van der Waals surface area contributed by atoms with Crippen molar-refractivity contribution >= 4 is 22.3 Å². The van der Waals surface area contributed by atoms with Crippen LogP contribution in [0.5, 0.6) is 5.75 Å². The van der Waals surface area contributed by atoms with E-state index in [9.17, 15) is 23.1 Å². The summed E-state index contributed by atoms with van der Waals surface area (Å²) in [6.45, 7) is -0.548. The van der Waals surface area contributed by atoms with Crippen LogP contribution in [0.25, 0.3) is 0 Å². The number of carbonyl (C=O) groups excluding carboxylic acids is 2. The van der Waals surface area contributed by atoms with Gasteiger partial charge in [-0.2, -0.15) is 17.0 Å². The van der Waals surface area contributed by atoms with Crippen molar-refractivity contribution in [3.63, 3.8) is 0 Å². The van der Waals surface area contributed by atoms with Gasteiger partial charge in [-0.1, -0.05) is 12.1 Å². The SMILES string of the molecule is COC(=O)[C@H]1[C@@H](N(Cc2ccc(OC)cc2)S(=O)(=O)N(C)C)C[C@@H](CO)N1C(=O)OC. The van der Waals surface area contributed by atoms with Crippen molar-refractivity contribution in [2.24, 2.45) is 0 Å². The number of esters is 1. The van der Waals surface area contributed by atoms with Crippen molar-refractivity contribution in [2.75, 3.05) is 42.0 Å². The van der Waals surface area contributed by atoms with E-state index in [1.807, 2.05) is 0 Å². The summed E-state index contributed by atoms with van der Waals surface area (Å²) < 4.78 is 43.4. The maximum absolute atomic E-state index is 13.2. The highest BCUT2D eigenvalue weighted by Gasteiger charge is 2.53. The van der Waals surface area contributed by atoms with Gasteiger partial charge in [0.2, 0.25) is 0 Å². The molecule has 1 fully saturated rings. The Morgan fingerprint density at radius 3 is 2.19 bits per heavy atom. The molecule has 31 heavy (non-hydrogen) atoms. The Hall–Kier alpha value is -2.41. The zero-order valence-electron chi connectivity index (χ0n) is 18.2. The number of ether oxygens (including phenoxy) is 3. The molecule has 1 N–H and O–H groups in total. The average Bonchev–Trinajstić information content (AvgIpc) is 3.15. The Balaban J connectivity index is 2.55. The minimum absolute atomic E-state index is 0.0224. The van der Waals surface area contributed by atoms with E-state index in [0.29, 0.717) is 11.3 Å². The maximum atomic E-state index is 13.2. The van der Waals surface area contributed by atoms with E-state index in [-0.39, 0.29) is 13.0 Å². The summed E-state index contributed by atoms with van der Waals surface area (Å²) in [4.78, 5) is 26.1. The molecule has 12 heteroatoms. The highest BCUT2D eigenvalue weighted by molar-refractivity contribution is 7.86. The standard InChI is InChI=1S/C19H29N3O8S/c1-20(2)31(26,27)21(11-13-6-8-15(28-3)9-7-13)16-10-14(12-23)22(19(25)30-5)17(16)18(24)29-4/h6-9,14,16-17,23H,10-12H2,1-5H3/t14-,16-,17+/m0/s1. The Labute approximate surface area is 182 Å². The first-order valence-electron chi connectivity index (χ1n) is 9.49. The number of aliphatic hydroxyl groups is 1. The molecule has 174 valence electrons. The van der Waals surface area contributed by atoms with E-state index < -0.39 is 47.0 Å². The molecule has 1 amide bonds. The van der Waals surface area contributed by atoms with Gasteiger partial charge in [0.05, 0.1) is 40.0 Å². The van der Waals surface area contributed by atoms with Gasteiger partial charge in [0.25, 0.3) is 10.2 Å². The van der Waals surface area contributed by atoms with Gasteiger partial charge in [-0.3, -0.25) is 4.90 Å². The predicted molar refractivity (Wildman–Crippen MR) is 110 cm³/mol. The quantitative estimate of drug-likeness (QED) is 0.541. The molecule has 0 saturated carbocycles. The summed E-state index contributed by atoms with van der Waals surface area (Å²) in [6.07, 6.45) is -0.835. The van der Waals surface area contributed by atoms with Crippen LogP contribution in [0.2, 0.25) is 0 Å². The average molecular weight is 460 g/mol. The fourth-order valence-corrected chi connectivity index (χ4v) is 4.90.